The fourth-order valence-corrected chi connectivity index (χ4v) is 3.34. The van der Waals surface area contributed by atoms with Crippen LogP contribution >= 0.6 is 11.6 Å². The third-order valence-electron chi connectivity index (χ3n) is 4.44. The van der Waals surface area contributed by atoms with Gasteiger partial charge in [-0.05, 0) is 55.1 Å². The zero-order valence-electron chi connectivity index (χ0n) is 14.3. The predicted octanol–water partition coefficient (Wildman–Crippen LogP) is 4.84. The molecule has 0 unspecified atom stereocenters. The Morgan fingerprint density at radius 2 is 1.79 bits per heavy atom. The zero-order valence-corrected chi connectivity index (χ0v) is 15.0. The molecule has 0 aliphatic heterocycles. The Morgan fingerprint density at radius 1 is 1.04 bits per heavy atom. The Hall–Kier alpha value is -1.97. The Kier molecular flexibility index (Phi) is 5.12. The highest BCUT2D eigenvalue weighted by Crippen LogP contribution is 2.35. The van der Waals surface area contributed by atoms with E-state index in [0.717, 1.165) is 36.3 Å². The largest absolute Gasteiger partial charge is 0.378 e. The number of unbranched alkanes of at least 4 members (excludes halogenated alkanes) is 1. The van der Waals surface area contributed by atoms with Gasteiger partial charge in [-0.2, -0.15) is 0 Å². The summed E-state index contributed by atoms with van der Waals surface area (Å²) < 4.78 is 0. The lowest BCUT2D eigenvalue weighted by Gasteiger charge is -2.13. The van der Waals surface area contributed by atoms with Crippen LogP contribution in [-0.2, 0) is 6.42 Å². The highest BCUT2D eigenvalue weighted by molar-refractivity contribution is 6.35. The summed E-state index contributed by atoms with van der Waals surface area (Å²) in [4.78, 5) is 5.65. The number of nitrogens with zero attached hydrogens (tertiary/aromatic N) is 1. The van der Waals surface area contributed by atoms with Crippen molar-refractivity contribution in [3.05, 3.63) is 53.1 Å². The highest BCUT2D eigenvalue weighted by Gasteiger charge is 2.14. The van der Waals surface area contributed by atoms with Crippen molar-refractivity contribution < 1.29 is 0 Å². The number of fused-ring (bicyclic) bond motifs is 1. The van der Waals surface area contributed by atoms with Crippen LogP contribution < -0.4 is 10.6 Å². The lowest BCUT2D eigenvalue weighted by atomic mass is 10.00. The minimum atomic E-state index is 0.732. The van der Waals surface area contributed by atoms with Crippen molar-refractivity contribution >= 4 is 28.2 Å². The van der Waals surface area contributed by atoms with Crippen LogP contribution in [0.5, 0.6) is 0 Å². The van der Waals surface area contributed by atoms with Gasteiger partial charge in [0.2, 0.25) is 0 Å². The van der Waals surface area contributed by atoms with E-state index in [2.05, 4.69) is 54.3 Å². The van der Waals surface area contributed by atoms with E-state index < -0.39 is 0 Å². The molecule has 24 heavy (non-hydrogen) atoms. The summed E-state index contributed by atoms with van der Waals surface area (Å²) in [7, 11) is 4.10. The number of aryl methyl sites for hydroxylation is 1. The smallest absolute Gasteiger partial charge is 0.0651 e. The summed E-state index contributed by atoms with van der Waals surface area (Å²) in [6.07, 6.45) is 3.12. The summed E-state index contributed by atoms with van der Waals surface area (Å²) in [6, 6.07) is 14.7. The second-order valence-corrected chi connectivity index (χ2v) is 6.74. The van der Waals surface area contributed by atoms with Crippen LogP contribution in [0.15, 0.2) is 42.5 Å². The van der Waals surface area contributed by atoms with E-state index in [4.69, 9.17) is 17.3 Å². The van der Waals surface area contributed by atoms with Crippen LogP contribution in [0.4, 0.5) is 5.69 Å². The summed E-state index contributed by atoms with van der Waals surface area (Å²) >= 11 is 6.40. The third kappa shape index (κ3) is 3.28. The molecule has 126 valence electrons. The van der Waals surface area contributed by atoms with Crippen molar-refractivity contribution in [3.63, 3.8) is 0 Å². The molecule has 0 radical (unpaired) electrons. The van der Waals surface area contributed by atoms with E-state index in [9.17, 15) is 0 Å². The van der Waals surface area contributed by atoms with Gasteiger partial charge in [-0.15, -0.1) is 0 Å². The first kappa shape index (κ1) is 16.9. The van der Waals surface area contributed by atoms with Crippen LogP contribution in [0.25, 0.3) is 22.2 Å². The number of aromatic amines is 1. The molecular weight excluding hydrogens is 318 g/mol. The standard InChI is InChI=1S/C20H24ClN3/c1-24(2)15-11-9-14(10-12-15)19-16(6-3-4-13-22)17-7-5-8-18(21)20(17)23-19/h5,7-12,23H,3-4,6,13,22H2,1-2H3. The number of nitrogens with one attached hydrogen (secondary N) is 1. The first-order chi connectivity index (χ1) is 11.6. The quantitative estimate of drug-likeness (QED) is 0.630. The first-order valence-corrected chi connectivity index (χ1v) is 8.76. The molecule has 0 aliphatic rings. The number of hydrogen-bond donors (Lipinski definition) is 2. The average molecular weight is 342 g/mol. The zero-order chi connectivity index (χ0) is 17.1. The number of para-hydroxylation sites is 1. The van der Waals surface area contributed by atoms with E-state index in [1.807, 2.05) is 12.1 Å². The van der Waals surface area contributed by atoms with Gasteiger partial charge in [0.05, 0.1) is 10.5 Å². The van der Waals surface area contributed by atoms with Gasteiger partial charge in [0.25, 0.3) is 0 Å². The molecule has 3 nitrogen and oxygen atoms in total. The molecular formula is C20H24ClN3. The van der Waals surface area contributed by atoms with Gasteiger partial charge in [0.1, 0.15) is 0 Å². The summed E-state index contributed by atoms with van der Waals surface area (Å²) in [6.45, 7) is 0.732. The van der Waals surface area contributed by atoms with Crippen LogP contribution in [0.1, 0.15) is 18.4 Å². The molecule has 0 atom stereocenters. The number of aromatic nitrogens is 1. The number of rotatable bonds is 6. The maximum Gasteiger partial charge on any atom is 0.0651 e. The maximum atomic E-state index is 6.40. The van der Waals surface area contributed by atoms with Gasteiger partial charge < -0.3 is 15.6 Å². The molecule has 0 amide bonds. The highest BCUT2D eigenvalue weighted by atomic mass is 35.5. The van der Waals surface area contributed by atoms with Gasteiger partial charge in [0, 0.05) is 30.9 Å². The third-order valence-corrected chi connectivity index (χ3v) is 4.76. The van der Waals surface area contributed by atoms with Crippen molar-refractivity contribution in [1.82, 2.24) is 4.98 Å². The van der Waals surface area contributed by atoms with Crippen molar-refractivity contribution in [2.75, 3.05) is 25.5 Å². The van der Waals surface area contributed by atoms with Crippen molar-refractivity contribution in [3.8, 4) is 11.3 Å². The van der Waals surface area contributed by atoms with Crippen LogP contribution in [-0.4, -0.2) is 25.6 Å². The fraction of sp³-hybridized carbons (Fsp3) is 0.300. The summed E-state index contributed by atoms with van der Waals surface area (Å²) in [5.74, 6) is 0. The SMILES string of the molecule is CN(C)c1ccc(-c2[nH]c3c(Cl)cccc3c2CCCCN)cc1. The maximum absolute atomic E-state index is 6.40. The Labute approximate surface area is 148 Å². The molecule has 3 rings (SSSR count). The molecule has 2 aromatic carbocycles. The number of halogens is 1. The molecule has 3 N–H and O–H groups in total. The van der Waals surface area contributed by atoms with E-state index in [1.165, 1.54) is 27.9 Å². The van der Waals surface area contributed by atoms with Crippen molar-refractivity contribution in [2.45, 2.75) is 19.3 Å². The van der Waals surface area contributed by atoms with E-state index in [-0.39, 0.29) is 0 Å². The van der Waals surface area contributed by atoms with Crippen LogP contribution in [0.3, 0.4) is 0 Å². The summed E-state index contributed by atoms with van der Waals surface area (Å²) in [5, 5.41) is 1.98. The van der Waals surface area contributed by atoms with Gasteiger partial charge >= 0.3 is 0 Å². The van der Waals surface area contributed by atoms with Crippen LogP contribution in [0, 0.1) is 0 Å². The molecule has 0 saturated heterocycles. The number of nitrogens with two attached hydrogens (primary N) is 1. The lowest BCUT2D eigenvalue weighted by Crippen LogP contribution is -2.07. The topological polar surface area (TPSA) is 45.0 Å². The molecule has 1 heterocycles. The summed E-state index contributed by atoms with van der Waals surface area (Å²) in [5.41, 5.74) is 11.6. The van der Waals surface area contributed by atoms with E-state index in [0.29, 0.717) is 0 Å². The molecule has 0 saturated carbocycles. The van der Waals surface area contributed by atoms with Gasteiger partial charge in [-0.25, -0.2) is 0 Å². The number of anilines is 1. The van der Waals surface area contributed by atoms with Crippen molar-refractivity contribution in [2.24, 2.45) is 5.73 Å². The number of hydrogen-bond acceptors (Lipinski definition) is 2. The Bertz CT molecular complexity index is 819. The molecule has 0 spiro atoms. The van der Waals surface area contributed by atoms with E-state index in [1.54, 1.807) is 0 Å². The van der Waals surface area contributed by atoms with E-state index >= 15 is 0 Å². The van der Waals surface area contributed by atoms with Gasteiger partial charge in [0.15, 0.2) is 0 Å². The number of H-pyrrole nitrogens is 1. The minimum absolute atomic E-state index is 0.732. The molecule has 3 aromatic rings. The predicted molar refractivity (Wildman–Crippen MR) is 105 cm³/mol. The molecule has 0 fully saturated rings. The Balaban J connectivity index is 2.08. The van der Waals surface area contributed by atoms with Crippen molar-refractivity contribution in [1.29, 1.82) is 0 Å². The lowest BCUT2D eigenvalue weighted by molar-refractivity contribution is 0.748. The Morgan fingerprint density at radius 3 is 2.46 bits per heavy atom. The first-order valence-electron chi connectivity index (χ1n) is 8.38. The molecule has 0 aliphatic carbocycles. The monoisotopic (exact) mass is 341 g/mol. The number of benzene rings is 2. The molecule has 4 heteroatoms. The second kappa shape index (κ2) is 7.29. The second-order valence-electron chi connectivity index (χ2n) is 6.33. The normalized spacial score (nSPS) is 11.2. The van der Waals surface area contributed by atoms with Crippen LogP contribution in [0.2, 0.25) is 5.02 Å². The fourth-order valence-electron chi connectivity index (χ4n) is 3.12. The minimum Gasteiger partial charge on any atom is -0.378 e. The molecule has 1 aromatic heterocycles. The average Bonchev–Trinajstić information content (AvgIpc) is 2.95. The van der Waals surface area contributed by atoms with Gasteiger partial charge in [-0.1, -0.05) is 35.9 Å². The molecule has 0 bridgehead atoms. The van der Waals surface area contributed by atoms with Gasteiger partial charge in [-0.3, -0.25) is 0 Å².